The second-order valence-corrected chi connectivity index (χ2v) is 6.57. The Labute approximate surface area is 154 Å². The lowest BCUT2D eigenvalue weighted by Gasteiger charge is -2.25. The van der Waals surface area contributed by atoms with Crippen molar-refractivity contribution >= 4 is 18.2 Å². The first-order valence-electron chi connectivity index (χ1n) is 8.51. The molecular weight excluding hydrogens is 331 g/mol. The number of ether oxygens (including phenoxy) is 1. The Kier molecular flexibility index (Phi) is 6.64. The molecule has 0 saturated heterocycles. The molecule has 0 bridgehead atoms. The molecular formula is C21H25FN2O2. The zero-order valence-corrected chi connectivity index (χ0v) is 15.9. The molecule has 0 unspecified atom stereocenters. The molecule has 0 N–H and O–H groups in total. The first-order valence-corrected chi connectivity index (χ1v) is 8.51. The molecule has 0 aliphatic heterocycles. The number of halogens is 1. The van der Waals surface area contributed by atoms with E-state index in [9.17, 15) is 9.18 Å². The highest BCUT2D eigenvalue weighted by Crippen LogP contribution is 2.38. The maximum atomic E-state index is 13.5. The van der Waals surface area contributed by atoms with Gasteiger partial charge in [0.05, 0.1) is 12.3 Å². The molecule has 4 nitrogen and oxygen atoms in total. The molecule has 0 aliphatic carbocycles. The standard InChI is InChI=1S/C21H25FN2O2/c1-14(2)20-17(7-6-12-25)19(15-8-10-16(22)11-9-15)18(13-26-5)21(23-20)24(3)4/h6-12,14H,13H2,1-5H3. The lowest BCUT2D eigenvalue weighted by molar-refractivity contribution is -0.104. The van der Waals surface area contributed by atoms with E-state index in [2.05, 4.69) is 13.8 Å². The monoisotopic (exact) mass is 356 g/mol. The number of aldehydes is 1. The Bertz CT molecular complexity index is 797. The normalized spacial score (nSPS) is 11.3. The molecule has 5 heteroatoms. The maximum absolute atomic E-state index is 13.5. The average Bonchev–Trinajstić information content (AvgIpc) is 2.60. The average molecular weight is 356 g/mol. The molecule has 2 aromatic rings. The highest BCUT2D eigenvalue weighted by molar-refractivity contribution is 5.86. The first kappa shape index (κ1) is 19.8. The Hall–Kier alpha value is -2.53. The Morgan fingerprint density at radius 3 is 2.38 bits per heavy atom. The van der Waals surface area contributed by atoms with Crippen molar-refractivity contribution in [2.24, 2.45) is 0 Å². The van der Waals surface area contributed by atoms with Crippen molar-refractivity contribution in [3.05, 3.63) is 53.0 Å². The number of aromatic nitrogens is 1. The summed E-state index contributed by atoms with van der Waals surface area (Å²) >= 11 is 0. The highest BCUT2D eigenvalue weighted by atomic mass is 19.1. The van der Waals surface area contributed by atoms with E-state index >= 15 is 0 Å². The van der Waals surface area contributed by atoms with Gasteiger partial charge in [0.2, 0.25) is 0 Å². The molecule has 138 valence electrons. The van der Waals surface area contributed by atoms with Crippen LogP contribution in [0.1, 0.15) is 36.6 Å². The second kappa shape index (κ2) is 8.72. The Balaban J connectivity index is 2.94. The molecule has 0 radical (unpaired) electrons. The fourth-order valence-electron chi connectivity index (χ4n) is 2.99. The van der Waals surface area contributed by atoms with Crippen LogP contribution < -0.4 is 4.90 Å². The molecule has 1 aromatic heterocycles. The van der Waals surface area contributed by atoms with Gasteiger partial charge in [-0.1, -0.05) is 26.0 Å². The fraction of sp³-hybridized carbons (Fsp3) is 0.333. The summed E-state index contributed by atoms with van der Waals surface area (Å²) in [7, 11) is 5.49. The number of benzene rings is 1. The van der Waals surface area contributed by atoms with E-state index in [1.54, 1.807) is 25.3 Å². The number of rotatable bonds is 7. The number of anilines is 1. The number of allylic oxidation sites excluding steroid dienone is 1. The minimum absolute atomic E-state index is 0.149. The fourth-order valence-corrected chi connectivity index (χ4v) is 2.99. The molecule has 1 aromatic carbocycles. The molecule has 26 heavy (non-hydrogen) atoms. The summed E-state index contributed by atoms with van der Waals surface area (Å²) in [6.07, 6.45) is 3.98. The smallest absolute Gasteiger partial charge is 0.142 e. The van der Waals surface area contributed by atoms with Gasteiger partial charge >= 0.3 is 0 Å². The van der Waals surface area contributed by atoms with Crippen molar-refractivity contribution < 1.29 is 13.9 Å². The van der Waals surface area contributed by atoms with Crippen LogP contribution in [0.5, 0.6) is 0 Å². The molecule has 0 saturated carbocycles. The third-order valence-corrected chi connectivity index (χ3v) is 4.08. The zero-order valence-electron chi connectivity index (χ0n) is 15.9. The molecule has 0 aliphatic rings. The van der Waals surface area contributed by atoms with Crippen LogP contribution in [0.2, 0.25) is 0 Å². The predicted molar refractivity (Wildman–Crippen MR) is 104 cm³/mol. The van der Waals surface area contributed by atoms with Crippen LogP contribution in [-0.4, -0.2) is 32.5 Å². The summed E-state index contributed by atoms with van der Waals surface area (Å²) in [6, 6.07) is 6.35. The number of methoxy groups -OCH3 is 1. The van der Waals surface area contributed by atoms with E-state index in [0.29, 0.717) is 6.61 Å². The van der Waals surface area contributed by atoms with Crippen molar-refractivity contribution in [3.63, 3.8) is 0 Å². The summed E-state index contributed by atoms with van der Waals surface area (Å²) in [5.41, 5.74) is 4.41. The van der Waals surface area contributed by atoms with Crippen LogP contribution >= 0.6 is 0 Å². The molecule has 0 amide bonds. The largest absolute Gasteiger partial charge is 0.380 e. The topological polar surface area (TPSA) is 42.4 Å². The van der Waals surface area contributed by atoms with Crippen molar-refractivity contribution in [2.45, 2.75) is 26.4 Å². The second-order valence-electron chi connectivity index (χ2n) is 6.57. The number of pyridine rings is 1. The Morgan fingerprint density at radius 1 is 1.23 bits per heavy atom. The van der Waals surface area contributed by atoms with Crippen LogP contribution in [0.3, 0.4) is 0 Å². The van der Waals surface area contributed by atoms with Crippen LogP contribution in [0.15, 0.2) is 30.3 Å². The lowest BCUT2D eigenvalue weighted by atomic mass is 9.90. The third kappa shape index (κ3) is 4.17. The SMILES string of the molecule is COCc1c(N(C)C)nc(C(C)C)c(C=CC=O)c1-c1ccc(F)cc1. The van der Waals surface area contributed by atoms with E-state index in [0.717, 1.165) is 40.1 Å². The van der Waals surface area contributed by atoms with Gasteiger partial charge in [-0.15, -0.1) is 0 Å². The first-order chi connectivity index (χ1) is 12.4. The van der Waals surface area contributed by atoms with Gasteiger partial charge in [0.25, 0.3) is 0 Å². The zero-order chi connectivity index (χ0) is 19.3. The van der Waals surface area contributed by atoms with Crippen molar-refractivity contribution in [1.29, 1.82) is 0 Å². The summed E-state index contributed by atoms with van der Waals surface area (Å²) in [4.78, 5) is 17.7. The summed E-state index contributed by atoms with van der Waals surface area (Å²) in [5, 5.41) is 0. The minimum Gasteiger partial charge on any atom is -0.380 e. The van der Waals surface area contributed by atoms with Gasteiger partial charge in [-0.05, 0) is 41.3 Å². The molecule has 0 spiro atoms. The van der Waals surface area contributed by atoms with Gasteiger partial charge in [0.15, 0.2) is 0 Å². The maximum Gasteiger partial charge on any atom is 0.142 e. The van der Waals surface area contributed by atoms with Crippen molar-refractivity contribution in [3.8, 4) is 11.1 Å². The number of hydrogen-bond acceptors (Lipinski definition) is 4. The van der Waals surface area contributed by atoms with Crippen LogP contribution in [-0.2, 0) is 16.1 Å². The molecule has 2 rings (SSSR count). The number of carbonyl (C=O) groups excluding carboxylic acids is 1. The van der Waals surface area contributed by atoms with E-state index in [4.69, 9.17) is 9.72 Å². The van der Waals surface area contributed by atoms with Crippen molar-refractivity contribution in [1.82, 2.24) is 4.98 Å². The van der Waals surface area contributed by atoms with Crippen LogP contribution in [0.4, 0.5) is 10.2 Å². The van der Waals surface area contributed by atoms with E-state index in [1.165, 1.54) is 18.2 Å². The van der Waals surface area contributed by atoms with Gasteiger partial charge in [-0.25, -0.2) is 9.37 Å². The molecule has 0 fully saturated rings. The van der Waals surface area contributed by atoms with Gasteiger partial charge < -0.3 is 9.64 Å². The van der Waals surface area contributed by atoms with Gasteiger partial charge in [-0.2, -0.15) is 0 Å². The molecule has 0 atom stereocenters. The van der Waals surface area contributed by atoms with E-state index in [-0.39, 0.29) is 11.7 Å². The van der Waals surface area contributed by atoms with Crippen molar-refractivity contribution in [2.75, 3.05) is 26.1 Å². The number of nitrogens with zero attached hydrogens (tertiary/aromatic N) is 2. The number of hydrogen-bond donors (Lipinski definition) is 0. The van der Waals surface area contributed by atoms with E-state index in [1.807, 2.05) is 19.0 Å². The highest BCUT2D eigenvalue weighted by Gasteiger charge is 2.22. The van der Waals surface area contributed by atoms with Gasteiger partial charge in [0.1, 0.15) is 17.9 Å². The van der Waals surface area contributed by atoms with Crippen LogP contribution in [0, 0.1) is 5.82 Å². The minimum atomic E-state index is -0.294. The van der Waals surface area contributed by atoms with Gasteiger partial charge in [-0.3, -0.25) is 4.79 Å². The summed E-state index contributed by atoms with van der Waals surface area (Å²) in [6.45, 7) is 4.47. The molecule has 1 heterocycles. The lowest BCUT2D eigenvalue weighted by Crippen LogP contribution is -2.17. The van der Waals surface area contributed by atoms with E-state index < -0.39 is 0 Å². The summed E-state index contributed by atoms with van der Waals surface area (Å²) < 4.78 is 18.9. The van der Waals surface area contributed by atoms with Crippen LogP contribution in [0.25, 0.3) is 17.2 Å². The predicted octanol–water partition coefficient (Wildman–Crippen LogP) is 4.44. The third-order valence-electron chi connectivity index (χ3n) is 4.08. The Morgan fingerprint density at radius 2 is 1.88 bits per heavy atom. The quantitative estimate of drug-likeness (QED) is 0.543. The van der Waals surface area contributed by atoms with Gasteiger partial charge in [0, 0.05) is 32.3 Å². The number of carbonyl (C=O) groups is 1. The summed E-state index contributed by atoms with van der Waals surface area (Å²) in [5.74, 6) is 0.659.